The van der Waals surface area contributed by atoms with Crippen LogP contribution in [0.2, 0.25) is 18.1 Å². The molecule has 13 heavy (non-hydrogen) atoms. The van der Waals surface area contributed by atoms with Crippen molar-refractivity contribution in [3.63, 3.8) is 0 Å². The van der Waals surface area contributed by atoms with E-state index in [0.717, 1.165) is 25.2 Å². The van der Waals surface area contributed by atoms with Gasteiger partial charge in [0.05, 0.1) is 7.11 Å². The van der Waals surface area contributed by atoms with Crippen LogP contribution in [0.1, 0.15) is 20.8 Å². The molecule has 0 aromatic carbocycles. The second-order valence-electron chi connectivity index (χ2n) is 2.90. The second-order valence-corrected chi connectivity index (χ2v) is 9.21. The Morgan fingerprint density at radius 3 is 1.69 bits per heavy atom. The van der Waals surface area contributed by atoms with E-state index in [1.54, 1.807) is 0 Å². The molecule has 0 N–H and O–H groups in total. The Kier molecular flexibility index (Phi) is 5.12. The molecule has 0 saturated heterocycles. The van der Waals surface area contributed by atoms with Crippen LogP contribution in [0.25, 0.3) is 0 Å². The lowest BCUT2D eigenvalue weighted by molar-refractivity contribution is 0.325. The summed E-state index contributed by atoms with van der Waals surface area (Å²) in [6, 6.07) is 2.38. The summed E-state index contributed by atoms with van der Waals surface area (Å²) in [4.78, 5) is 0. The van der Waals surface area contributed by atoms with E-state index >= 15 is 0 Å². The van der Waals surface area contributed by atoms with Crippen molar-refractivity contribution in [1.29, 1.82) is 0 Å². The first-order valence-corrected chi connectivity index (χ1v) is 8.32. The summed E-state index contributed by atoms with van der Waals surface area (Å²) in [5.41, 5.74) is 0. The van der Waals surface area contributed by atoms with Crippen molar-refractivity contribution in [1.82, 2.24) is 0 Å². The molecule has 6 heteroatoms. The maximum atomic E-state index is 11.1. The Balaban J connectivity index is 4.61. The van der Waals surface area contributed by atoms with Gasteiger partial charge in [0.2, 0.25) is 8.32 Å². The van der Waals surface area contributed by atoms with Gasteiger partial charge in [-0.25, -0.2) is 0 Å². The molecule has 0 fully saturated rings. The summed E-state index contributed by atoms with van der Waals surface area (Å²) in [5.74, 6) is 0. The molecule has 0 bridgehead atoms. The quantitative estimate of drug-likeness (QED) is 0.649. The Morgan fingerprint density at radius 2 is 1.46 bits per heavy atom. The fraction of sp³-hybridized carbons (Fsp3) is 1.00. The van der Waals surface area contributed by atoms with E-state index in [-0.39, 0.29) is 0 Å². The fourth-order valence-corrected chi connectivity index (χ4v) is 6.10. The van der Waals surface area contributed by atoms with Crippen LogP contribution in [0, 0.1) is 0 Å². The summed E-state index contributed by atoms with van der Waals surface area (Å²) in [5, 5.41) is 0. The molecule has 0 heterocycles. The molecule has 0 rings (SSSR count). The third-order valence-electron chi connectivity index (χ3n) is 2.42. The summed E-state index contributed by atoms with van der Waals surface area (Å²) in [6.07, 6.45) is 0. The van der Waals surface area contributed by atoms with E-state index < -0.39 is 18.7 Å². The van der Waals surface area contributed by atoms with Gasteiger partial charge >= 0.3 is 10.4 Å². The van der Waals surface area contributed by atoms with E-state index in [9.17, 15) is 8.42 Å². The maximum absolute atomic E-state index is 11.1. The number of hydrogen-bond donors (Lipinski definition) is 0. The van der Waals surface area contributed by atoms with E-state index in [1.807, 2.05) is 20.8 Å². The minimum Gasteiger partial charge on any atom is -0.293 e. The standard InChI is InChI=1S/C7H18O4SSi/c1-5-13(6-2,7-3)11-12(8,9)10-4/h5-7H2,1-4H3. The minimum atomic E-state index is -3.75. The molecule has 0 aliphatic carbocycles. The van der Waals surface area contributed by atoms with Crippen molar-refractivity contribution >= 4 is 18.7 Å². The zero-order valence-corrected chi connectivity index (χ0v) is 10.5. The topological polar surface area (TPSA) is 52.6 Å². The molecule has 0 saturated carbocycles. The van der Waals surface area contributed by atoms with Crippen molar-refractivity contribution in [2.75, 3.05) is 7.11 Å². The van der Waals surface area contributed by atoms with Crippen molar-refractivity contribution in [3.05, 3.63) is 0 Å². The monoisotopic (exact) mass is 226 g/mol. The van der Waals surface area contributed by atoms with Crippen molar-refractivity contribution < 1.29 is 16.5 Å². The first-order chi connectivity index (χ1) is 5.95. The minimum absolute atomic E-state index is 0.794. The van der Waals surface area contributed by atoms with Gasteiger partial charge < -0.3 is 0 Å². The molecule has 0 spiro atoms. The van der Waals surface area contributed by atoms with Gasteiger partial charge in [-0.3, -0.25) is 8.06 Å². The summed E-state index contributed by atoms with van der Waals surface area (Å²) >= 11 is 0. The normalized spacial score (nSPS) is 13.2. The molecular weight excluding hydrogens is 208 g/mol. The van der Waals surface area contributed by atoms with Crippen molar-refractivity contribution in [3.8, 4) is 0 Å². The third kappa shape index (κ3) is 3.76. The molecule has 0 amide bonds. The lowest BCUT2D eigenvalue weighted by Crippen LogP contribution is -2.38. The predicted octanol–water partition coefficient (Wildman–Crippen LogP) is 1.90. The zero-order chi connectivity index (χ0) is 10.5. The third-order valence-corrected chi connectivity index (χ3v) is 8.92. The number of hydrogen-bond acceptors (Lipinski definition) is 4. The average molecular weight is 226 g/mol. The lowest BCUT2D eigenvalue weighted by atomic mass is 10.9. The molecular formula is C7H18O4SSi. The van der Waals surface area contributed by atoms with Gasteiger partial charge in [-0.2, -0.15) is 8.42 Å². The highest BCUT2D eigenvalue weighted by Gasteiger charge is 2.34. The smallest absolute Gasteiger partial charge is 0.293 e. The summed E-state index contributed by atoms with van der Waals surface area (Å²) in [7, 11) is -4.72. The van der Waals surface area contributed by atoms with Crippen LogP contribution in [0.3, 0.4) is 0 Å². The molecule has 0 aromatic heterocycles. The Morgan fingerprint density at radius 1 is 1.08 bits per heavy atom. The number of rotatable bonds is 6. The van der Waals surface area contributed by atoms with Crippen LogP contribution in [-0.2, 0) is 18.5 Å². The van der Waals surface area contributed by atoms with Crippen LogP contribution in [0.4, 0.5) is 0 Å². The van der Waals surface area contributed by atoms with E-state index in [0.29, 0.717) is 0 Å². The van der Waals surface area contributed by atoms with Gasteiger partial charge in [0.25, 0.3) is 0 Å². The highest BCUT2D eigenvalue weighted by atomic mass is 32.3. The van der Waals surface area contributed by atoms with Gasteiger partial charge in [0.1, 0.15) is 0 Å². The molecule has 0 radical (unpaired) electrons. The van der Waals surface area contributed by atoms with E-state index in [4.69, 9.17) is 3.87 Å². The van der Waals surface area contributed by atoms with Gasteiger partial charge in [-0.15, -0.1) is 0 Å². The first-order valence-electron chi connectivity index (χ1n) is 4.46. The van der Waals surface area contributed by atoms with E-state index in [1.165, 1.54) is 0 Å². The lowest BCUT2D eigenvalue weighted by Gasteiger charge is -2.25. The molecule has 0 unspecified atom stereocenters. The zero-order valence-electron chi connectivity index (χ0n) is 8.66. The molecule has 0 aliphatic heterocycles. The van der Waals surface area contributed by atoms with Crippen LogP contribution in [0.15, 0.2) is 0 Å². The first kappa shape index (κ1) is 13.1. The summed E-state index contributed by atoms with van der Waals surface area (Å²) in [6.45, 7) is 5.89. The van der Waals surface area contributed by atoms with Crippen molar-refractivity contribution in [2.24, 2.45) is 0 Å². The SMILES string of the molecule is CC[Si](CC)(CC)OS(=O)(=O)OC. The highest BCUT2D eigenvalue weighted by Crippen LogP contribution is 2.23. The highest BCUT2D eigenvalue weighted by molar-refractivity contribution is 7.83. The average Bonchev–Trinajstić information content (AvgIpc) is 2.14. The van der Waals surface area contributed by atoms with Crippen LogP contribution >= 0.6 is 0 Å². The van der Waals surface area contributed by atoms with E-state index in [2.05, 4.69) is 4.18 Å². The predicted molar refractivity (Wildman–Crippen MR) is 54.2 cm³/mol. The van der Waals surface area contributed by atoms with Gasteiger partial charge in [-0.05, 0) is 18.1 Å². The van der Waals surface area contributed by atoms with Gasteiger partial charge in [-0.1, -0.05) is 20.8 Å². The second kappa shape index (κ2) is 5.09. The molecule has 80 valence electrons. The maximum Gasteiger partial charge on any atom is 0.389 e. The molecule has 0 atom stereocenters. The van der Waals surface area contributed by atoms with Crippen LogP contribution < -0.4 is 0 Å². The Labute approximate surface area is 81.7 Å². The molecule has 4 nitrogen and oxygen atoms in total. The Bertz CT molecular complexity index is 225. The Hall–Kier alpha value is 0.0869. The molecule has 0 aromatic rings. The fourth-order valence-electron chi connectivity index (χ4n) is 1.18. The van der Waals surface area contributed by atoms with Gasteiger partial charge in [0.15, 0.2) is 0 Å². The van der Waals surface area contributed by atoms with Crippen LogP contribution in [0.5, 0.6) is 0 Å². The van der Waals surface area contributed by atoms with Gasteiger partial charge in [0, 0.05) is 0 Å². The largest absolute Gasteiger partial charge is 0.389 e. The van der Waals surface area contributed by atoms with Crippen LogP contribution in [-0.4, -0.2) is 23.8 Å². The summed E-state index contributed by atoms with van der Waals surface area (Å²) < 4.78 is 31.6. The molecule has 0 aliphatic rings. The van der Waals surface area contributed by atoms with Crippen molar-refractivity contribution in [2.45, 2.75) is 38.9 Å².